The van der Waals surface area contributed by atoms with Crippen molar-refractivity contribution in [1.29, 1.82) is 0 Å². The highest BCUT2D eigenvalue weighted by molar-refractivity contribution is 7.89. The number of sulfonamides is 1. The van der Waals surface area contributed by atoms with E-state index in [2.05, 4.69) is 20.6 Å². The van der Waals surface area contributed by atoms with Crippen LogP contribution >= 0.6 is 0 Å². The quantitative estimate of drug-likeness (QED) is 0.534. The molecule has 0 aromatic carbocycles. The molecule has 2 aliphatic rings. The summed E-state index contributed by atoms with van der Waals surface area (Å²) in [5.74, 6) is 0.249. The maximum Gasteiger partial charge on any atom is 0.255 e. The van der Waals surface area contributed by atoms with Gasteiger partial charge in [0.1, 0.15) is 11.2 Å². The van der Waals surface area contributed by atoms with Crippen LogP contribution in [0.2, 0.25) is 0 Å². The van der Waals surface area contributed by atoms with Gasteiger partial charge in [0.15, 0.2) is 11.3 Å². The summed E-state index contributed by atoms with van der Waals surface area (Å²) in [6.07, 6.45) is 6.96. The van der Waals surface area contributed by atoms with Gasteiger partial charge in [0.2, 0.25) is 11.9 Å². The Morgan fingerprint density at radius 3 is 2.66 bits per heavy atom. The Balaban J connectivity index is 1.58. The van der Waals surface area contributed by atoms with Gasteiger partial charge < -0.3 is 19.9 Å². The number of rotatable bonds is 4. The van der Waals surface area contributed by atoms with Crippen molar-refractivity contribution in [2.45, 2.75) is 48.9 Å². The minimum absolute atomic E-state index is 0.0510. The summed E-state index contributed by atoms with van der Waals surface area (Å²) >= 11 is 0. The molecule has 1 amide bonds. The summed E-state index contributed by atoms with van der Waals surface area (Å²) in [6, 6.07) is 4.79. The molecule has 12 heteroatoms. The zero-order valence-corrected chi connectivity index (χ0v) is 18.2. The maximum atomic E-state index is 13.2. The molecule has 1 aliphatic carbocycles. The van der Waals surface area contributed by atoms with Crippen LogP contribution < -0.4 is 15.8 Å². The van der Waals surface area contributed by atoms with Gasteiger partial charge in [0, 0.05) is 18.7 Å². The van der Waals surface area contributed by atoms with Crippen LogP contribution in [0.5, 0.6) is 0 Å². The number of pyridine rings is 1. The third-order valence-electron chi connectivity index (χ3n) is 6.15. The van der Waals surface area contributed by atoms with Crippen LogP contribution in [0.15, 0.2) is 35.6 Å². The Kier molecular flexibility index (Phi) is 4.87. The summed E-state index contributed by atoms with van der Waals surface area (Å²) in [5, 5.41) is 11.7. The molecule has 1 spiro atoms. The first-order chi connectivity index (χ1) is 15.3. The van der Waals surface area contributed by atoms with Crippen molar-refractivity contribution in [3.63, 3.8) is 0 Å². The number of carbonyl (C=O) groups excluding carboxylic acids is 1. The summed E-state index contributed by atoms with van der Waals surface area (Å²) < 4.78 is 30.4. The summed E-state index contributed by atoms with van der Waals surface area (Å²) in [4.78, 5) is 26.1. The van der Waals surface area contributed by atoms with Crippen molar-refractivity contribution in [2.24, 2.45) is 5.14 Å². The first kappa shape index (κ1) is 20.8. The topological polar surface area (TPSA) is 154 Å². The van der Waals surface area contributed by atoms with E-state index >= 15 is 0 Å². The molecule has 32 heavy (non-hydrogen) atoms. The lowest BCUT2D eigenvalue weighted by Crippen LogP contribution is -2.56. The Bertz CT molecular complexity index is 1300. The Morgan fingerprint density at radius 1 is 1.22 bits per heavy atom. The van der Waals surface area contributed by atoms with E-state index in [0.717, 1.165) is 43.2 Å². The Hall–Kier alpha value is -3.09. The largest absolute Gasteiger partial charge is 0.356 e. The summed E-state index contributed by atoms with van der Waals surface area (Å²) in [6.45, 7) is 0. The molecule has 1 atom stereocenters. The second kappa shape index (κ2) is 7.50. The molecule has 11 nitrogen and oxygen atoms in total. The minimum Gasteiger partial charge on any atom is -0.356 e. The van der Waals surface area contributed by atoms with Crippen molar-refractivity contribution in [2.75, 3.05) is 12.4 Å². The first-order valence-electron chi connectivity index (χ1n) is 10.3. The monoisotopic (exact) mass is 457 g/mol. The van der Waals surface area contributed by atoms with E-state index in [1.807, 2.05) is 10.6 Å². The van der Waals surface area contributed by atoms with Crippen molar-refractivity contribution in [1.82, 2.24) is 24.8 Å². The van der Waals surface area contributed by atoms with Crippen molar-refractivity contribution < 1.29 is 17.9 Å². The average molecular weight is 458 g/mol. The van der Waals surface area contributed by atoms with Crippen molar-refractivity contribution >= 4 is 38.6 Å². The highest BCUT2D eigenvalue weighted by Crippen LogP contribution is 2.43. The van der Waals surface area contributed by atoms with Gasteiger partial charge in [0.05, 0.1) is 17.6 Å². The number of carbonyl (C=O) groups is 1. The fourth-order valence-electron chi connectivity index (χ4n) is 4.66. The van der Waals surface area contributed by atoms with Crippen LogP contribution in [0.1, 0.15) is 44.0 Å². The zero-order valence-electron chi connectivity index (χ0n) is 17.4. The predicted molar refractivity (Wildman–Crippen MR) is 115 cm³/mol. The number of nitrogens with two attached hydrogens (primary N) is 1. The van der Waals surface area contributed by atoms with Gasteiger partial charge in [-0.1, -0.05) is 19.3 Å². The van der Waals surface area contributed by atoms with Gasteiger partial charge in [-0.25, -0.2) is 23.5 Å². The van der Waals surface area contributed by atoms with E-state index in [0.29, 0.717) is 17.3 Å². The smallest absolute Gasteiger partial charge is 0.255 e. The number of fused-ring (bicyclic) bond motifs is 4. The van der Waals surface area contributed by atoms with Crippen LogP contribution in [0.25, 0.3) is 11.0 Å². The molecule has 168 valence electrons. The van der Waals surface area contributed by atoms with Gasteiger partial charge in [-0.3, -0.25) is 4.79 Å². The summed E-state index contributed by atoms with van der Waals surface area (Å²) in [7, 11) is -2.32. The van der Waals surface area contributed by atoms with Gasteiger partial charge >= 0.3 is 0 Å². The number of ether oxygens (including phenoxy) is 1. The molecule has 1 saturated carbocycles. The Labute approximate surface area is 184 Å². The fraction of sp³-hybridized carbons (Fsp3) is 0.400. The average Bonchev–Trinajstić information content (AvgIpc) is 3.16. The number of amides is 1. The third kappa shape index (κ3) is 3.31. The molecule has 5 rings (SSSR count). The number of methoxy groups -OCH3 is 1. The Morgan fingerprint density at radius 2 is 2.00 bits per heavy atom. The normalized spacial score (nSPS) is 20.2. The number of anilines is 2. The van der Waals surface area contributed by atoms with E-state index in [1.54, 1.807) is 13.3 Å². The SMILES string of the molecule is COC1NC(=O)C2(CCCCC2)n2c1cc1cnc(Nc3ccc(S(N)(=O)=O)nc3)nc12. The number of aromatic nitrogens is 4. The van der Waals surface area contributed by atoms with Gasteiger partial charge in [0.25, 0.3) is 10.0 Å². The lowest BCUT2D eigenvalue weighted by Gasteiger charge is -2.43. The van der Waals surface area contributed by atoms with Gasteiger partial charge in [-0.05, 0) is 31.0 Å². The van der Waals surface area contributed by atoms with Crippen molar-refractivity contribution in [3.8, 4) is 0 Å². The lowest BCUT2D eigenvalue weighted by atomic mass is 9.79. The molecular weight excluding hydrogens is 434 g/mol. The fourth-order valence-corrected chi connectivity index (χ4v) is 5.12. The van der Waals surface area contributed by atoms with Crippen molar-refractivity contribution in [3.05, 3.63) is 36.3 Å². The van der Waals surface area contributed by atoms with E-state index in [9.17, 15) is 13.2 Å². The third-order valence-corrected chi connectivity index (χ3v) is 6.98. The highest BCUT2D eigenvalue weighted by Gasteiger charge is 2.48. The molecule has 0 saturated heterocycles. The molecule has 0 radical (unpaired) electrons. The molecule has 4 heterocycles. The van der Waals surface area contributed by atoms with Crippen LogP contribution in [0.3, 0.4) is 0 Å². The van der Waals surface area contributed by atoms with Gasteiger partial charge in [-0.2, -0.15) is 4.98 Å². The number of nitrogens with one attached hydrogen (secondary N) is 2. The molecule has 3 aromatic rings. The molecular formula is C20H23N7O4S. The summed E-state index contributed by atoms with van der Waals surface area (Å²) in [5.41, 5.74) is 1.29. The highest BCUT2D eigenvalue weighted by atomic mass is 32.2. The molecule has 1 fully saturated rings. The van der Waals surface area contributed by atoms with E-state index in [-0.39, 0.29) is 10.9 Å². The number of primary sulfonamides is 1. The second-order valence-electron chi connectivity index (χ2n) is 8.11. The van der Waals surface area contributed by atoms with E-state index < -0.39 is 21.8 Å². The maximum absolute atomic E-state index is 13.2. The van der Waals surface area contributed by atoms with E-state index in [4.69, 9.17) is 14.9 Å². The van der Waals surface area contributed by atoms with Gasteiger partial charge in [-0.15, -0.1) is 0 Å². The van der Waals surface area contributed by atoms with Crippen LogP contribution in [-0.2, 0) is 25.1 Å². The predicted octanol–water partition coefficient (Wildman–Crippen LogP) is 1.65. The minimum atomic E-state index is -3.88. The number of hydrogen-bond donors (Lipinski definition) is 3. The molecule has 1 aliphatic heterocycles. The van der Waals surface area contributed by atoms with Crippen LogP contribution in [0, 0.1) is 0 Å². The standard InChI is InChI=1S/C20H23N7O4S/c1-31-17-14-9-12-10-23-19(24-13-5-6-15(22-11-13)32(21,29)30)25-16(12)27(14)20(18(28)26-17)7-3-2-4-8-20/h5-6,9-11,17H,2-4,7-8H2,1H3,(H,26,28)(H2,21,29,30)(H,23,24,25). The number of nitrogens with zero attached hydrogens (tertiary/aromatic N) is 4. The van der Waals surface area contributed by atoms with Crippen LogP contribution in [0.4, 0.5) is 11.6 Å². The van der Waals surface area contributed by atoms with Crippen LogP contribution in [-0.4, -0.2) is 41.0 Å². The molecule has 4 N–H and O–H groups in total. The number of hydrogen-bond acceptors (Lipinski definition) is 8. The molecule has 3 aromatic heterocycles. The molecule has 0 bridgehead atoms. The zero-order chi connectivity index (χ0) is 22.5. The second-order valence-corrected chi connectivity index (χ2v) is 9.62. The lowest BCUT2D eigenvalue weighted by molar-refractivity contribution is -0.139. The first-order valence-corrected chi connectivity index (χ1v) is 11.8. The van der Waals surface area contributed by atoms with E-state index in [1.165, 1.54) is 18.3 Å². The molecule has 1 unspecified atom stereocenters.